The molecule has 0 heterocycles. The van der Waals surface area contributed by atoms with E-state index in [9.17, 15) is 4.79 Å². The molecule has 1 unspecified atom stereocenters. The monoisotopic (exact) mass is 231 g/mol. The van der Waals surface area contributed by atoms with Gasteiger partial charge in [0.25, 0.3) is 0 Å². The number of carbonyl (C=O) groups is 1. The van der Waals surface area contributed by atoms with Crippen LogP contribution in [0.15, 0.2) is 0 Å². The van der Waals surface area contributed by atoms with Crippen LogP contribution in [-0.4, -0.2) is 41.0 Å². The second-order valence-corrected chi connectivity index (χ2v) is 5.32. The number of nitrogens with one attached hydrogen (secondary N) is 1. The fourth-order valence-electron chi connectivity index (χ4n) is 1.06. The zero-order valence-electron chi connectivity index (χ0n) is 10.1. The molecular weight excluding hydrogens is 210 g/mol. The van der Waals surface area contributed by atoms with E-state index in [1.165, 1.54) is 0 Å². The average Bonchev–Trinajstić information content (AvgIpc) is 1.98. The minimum atomic E-state index is -0.231. The van der Waals surface area contributed by atoms with Crippen LogP contribution in [0.5, 0.6) is 0 Å². The van der Waals surface area contributed by atoms with Crippen molar-refractivity contribution in [1.29, 1.82) is 0 Å². The molecule has 3 N–H and O–H groups in total. The summed E-state index contributed by atoms with van der Waals surface area (Å²) in [4.78, 5) is 14.0. The Morgan fingerprint density at radius 3 is 2.33 bits per heavy atom. The van der Waals surface area contributed by atoms with Crippen molar-refractivity contribution in [2.45, 2.75) is 39.3 Å². The van der Waals surface area contributed by atoms with E-state index in [0.717, 1.165) is 0 Å². The lowest BCUT2D eigenvalue weighted by Gasteiger charge is -2.28. The molecular formula is C10H21N3OS. The lowest BCUT2D eigenvalue weighted by Crippen LogP contribution is -2.51. The molecule has 0 bridgehead atoms. The summed E-state index contributed by atoms with van der Waals surface area (Å²) in [5, 5.41) is 2.91. The maximum absolute atomic E-state index is 11.7. The number of likely N-dealkylation sites (N-methyl/N-ethyl adjacent to an activating group) is 1. The summed E-state index contributed by atoms with van der Waals surface area (Å²) in [7, 11) is 1.83. The van der Waals surface area contributed by atoms with Gasteiger partial charge in [-0.25, -0.2) is 0 Å². The van der Waals surface area contributed by atoms with Crippen molar-refractivity contribution in [1.82, 2.24) is 10.2 Å². The second kappa shape index (κ2) is 5.42. The number of amides is 1. The van der Waals surface area contributed by atoms with E-state index in [1.54, 1.807) is 0 Å². The highest BCUT2D eigenvalue weighted by Gasteiger charge is 2.22. The van der Waals surface area contributed by atoms with E-state index >= 15 is 0 Å². The van der Waals surface area contributed by atoms with E-state index in [4.69, 9.17) is 18.0 Å². The average molecular weight is 231 g/mol. The lowest BCUT2D eigenvalue weighted by atomic mass is 10.1. The number of carbonyl (C=O) groups excluding carboxylic acids is 1. The predicted octanol–water partition coefficient (Wildman–Crippen LogP) is 0.508. The van der Waals surface area contributed by atoms with Crippen molar-refractivity contribution < 1.29 is 4.79 Å². The quantitative estimate of drug-likeness (QED) is 0.692. The highest BCUT2D eigenvalue weighted by Crippen LogP contribution is 2.02. The Kier molecular flexibility index (Phi) is 5.17. The molecule has 0 fully saturated rings. The van der Waals surface area contributed by atoms with Gasteiger partial charge in [0, 0.05) is 12.1 Å². The maximum atomic E-state index is 11.7. The van der Waals surface area contributed by atoms with Crippen LogP contribution in [0.1, 0.15) is 27.7 Å². The molecule has 0 radical (unpaired) electrons. The first-order valence-electron chi connectivity index (χ1n) is 4.94. The molecule has 0 saturated heterocycles. The van der Waals surface area contributed by atoms with Crippen LogP contribution in [0.3, 0.4) is 0 Å². The summed E-state index contributed by atoms with van der Waals surface area (Å²) in [5.74, 6) is -0.0127. The molecule has 0 aromatic heterocycles. The third-order valence-electron chi connectivity index (χ3n) is 1.94. The Morgan fingerprint density at radius 2 is 2.00 bits per heavy atom. The van der Waals surface area contributed by atoms with Crippen molar-refractivity contribution in [2.24, 2.45) is 5.73 Å². The SMILES string of the molecule is CC(C(=O)NC(C)(C)C)N(C)CC(N)=S. The van der Waals surface area contributed by atoms with E-state index in [0.29, 0.717) is 11.5 Å². The van der Waals surface area contributed by atoms with Gasteiger partial charge in [0.2, 0.25) is 5.91 Å². The first kappa shape index (κ1) is 14.3. The van der Waals surface area contributed by atoms with Gasteiger partial charge in [0.1, 0.15) is 0 Å². The van der Waals surface area contributed by atoms with Crippen molar-refractivity contribution in [2.75, 3.05) is 13.6 Å². The van der Waals surface area contributed by atoms with Crippen LogP contribution in [0, 0.1) is 0 Å². The molecule has 1 atom stereocenters. The second-order valence-electron chi connectivity index (χ2n) is 4.80. The van der Waals surface area contributed by atoms with Gasteiger partial charge < -0.3 is 11.1 Å². The van der Waals surface area contributed by atoms with E-state index in [1.807, 2.05) is 39.6 Å². The number of nitrogens with two attached hydrogens (primary N) is 1. The van der Waals surface area contributed by atoms with Gasteiger partial charge in [-0.1, -0.05) is 12.2 Å². The predicted molar refractivity (Wildman–Crippen MR) is 66.8 cm³/mol. The summed E-state index contributed by atoms with van der Waals surface area (Å²) >= 11 is 4.79. The number of thiocarbonyl (C=S) groups is 1. The van der Waals surface area contributed by atoms with Crippen LogP contribution in [0.2, 0.25) is 0 Å². The van der Waals surface area contributed by atoms with Gasteiger partial charge in [-0.05, 0) is 34.7 Å². The molecule has 15 heavy (non-hydrogen) atoms. The Bertz CT molecular complexity index is 248. The van der Waals surface area contributed by atoms with Gasteiger partial charge in [-0.3, -0.25) is 9.69 Å². The van der Waals surface area contributed by atoms with Crippen molar-refractivity contribution in [3.8, 4) is 0 Å². The molecule has 4 nitrogen and oxygen atoms in total. The highest BCUT2D eigenvalue weighted by molar-refractivity contribution is 7.80. The van der Waals surface area contributed by atoms with Crippen LogP contribution >= 0.6 is 12.2 Å². The minimum absolute atomic E-state index is 0.0127. The molecule has 88 valence electrons. The summed E-state index contributed by atoms with van der Waals surface area (Å²) in [6.45, 7) is 8.13. The fraction of sp³-hybridized carbons (Fsp3) is 0.800. The highest BCUT2D eigenvalue weighted by atomic mass is 32.1. The van der Waals surface area contributed by atoms with Gasteiger partial charge in [0.15, 0.2) is 0 Å². The van der Waals surface area contributed by atoms with Crippen LogP contribution in [0.4, 0.5) is 0 Å². The third kappa shape index (κ3) is 6.41. The molecule has 0 aliphatic rings. The largest absolute Gasteiger partial charge is 0.392 e. The molecule has 0 aliphatic carbocycles. The number of hydrogen-bond donors (Lipinski definition) is 2. The molecule has 0 rings (SSSR count). The Balaban J connectivity index is 4.25. The normalized spacial score (nSPS) is 13.7. The zero-order chi connectivity index (χ0) is 12.2. The first-order valence-corrected chi connectivity index (χ1v) is 5.35. The minimum Gasteiger partial charge on any atom is -0.392 e. The Hall–Kier alpha value is -0.680. The molecule has 0 spiro atoms. The molecule has 5 heteroatoms. The number of nitrogens with zero attached hydrogens (tertiary/aromatic N) is 1. The first-order chi connectivity index (χ1) is 6.63. The summed E-state index contributed by atoms with van der Waals surface area (Å²) < 4.78 is 0. The van der Waals surface area contributed by atoms with Crippen molar-refractivity contribution in [3.05, 3.63) is 0 Å². The summed E-state index contributed by atoms with van der Waals surface area (Å²) in [6, 6.07) is -0.231. The van der Waals surface area contributed by atoms with E-state index in [-0.39, 0.29) is 17.5 Å². The van der Waals surface area contributed by atoms with Gasteiger partial charge in [-0.15, -0.1) is 0 Å². The van der Waals surface area contributed by atoms with Gasteiger partial charge in [-0.2, -0.15) is 0 Å². The standard InChI is InChI=1S/C10H21N3OS/c1-7(13(5)6-8(11)15)9(14)12-10(2,3)4/h7H,6H2,1-5H3,(H2,11,15)(H,12,14). The molecule has 1 amide bonds. The third-order valence-corrected chi connectivity index (χ3v) is 2.07. The van der Waals surface area contributed by atoms with E-state index < -0.39 is 0 Å². The van der Waals surface area contributed by atoms with Crippen LogP contribution < -0.4 is 11.1 Å². The molecule has 0 aromatic rings. The molecule has 0 aromatic carbocycles. The van der Waals surface area contributed by atoms with E-state index in [2.05, 4.69) is 5.32 Å². The van der Waals surface area contributed by atoms with Crippen molar-refractivity contribution >= 4 is 23.1 Å². The lowest BCUT2D eigenvalue weighted by molar-refractivity contribution is -0.126. The molecule has 0 saturated carbocycles. The van der Waals surface area contributed by atoms with Crippen LogP contribution in [-0.2, 0) is 4.79 Å². The summed E-state index contributed by atoms with van der Waals surface area (Å²) in [6.07, 6.45) is 0. The Labute approximate surface area is 97.2 Å². The maximum Gasteiger partial charge on any atom is 0.237 e. The van der Waals surface area contributed by atoms with Gasteiger partial charge in [0.05, 0.1) is 11.0 Å². The summed E-state index contributed by atoms with van der Waals surface area (Å²) in [5.41, 5.74) is 5.20. The zero-order valence-corrected chi connectivity index (χ0v) is 10.9. The smallest absolute Gasteiger partial charge is 0.237 e. The van der Waals surface area contributed by atoms with Gasteiger partial charge >= 0.3 is 0 Å². The number of hydrogen-bond acceptors (Lipinski definition) is 3. The molecule has 0 aliphatic heterocycles. The van der Waals surface area contributed by atoms with Crippen molar-refractivity contribution in [3.63, 3.8) is 0 Å². The Morgan fingerprint density at radius 1 is 1.53 bits per heavy atom. The van der Waals surface area contributed by atoms with Crippen LogP contribution in [0.25, 0.3) is 0 Å². The fourth-order valence-corrected chi connectivity index (χ4v) is 1.26. The topological polar surface area (TPSA) is 58.4 Å². The number of rotatable bonds is 4.